The predicted molar refractivity (Wildman–Crippen MR) is 44.6 cm³/mol. The first kappa shape index (κ1) is 24.7. The zero-order valence-corrected chi connectivity index (χ0v) is 12.7. The molecule has 0 saturated heterocycles. The average Bonchev–Trinajstić information content (AvgIpc) is 1.86. The van der Waals surface area contributed by atoms with Crippen LogP contribution in [0.4, 0.5) is 0 Å². The van der Waals surface area contributed by atoms with Crippen LogP contribution < -0.4 is 42.3 Å². The molecule has 0 aliphatic carbocycles. The molecule has 1 rings (SSSR count). The van der Waals surface area contributed by atoms with Crippen molar-refractivity contribution in [3.8, 4) is 5.75 Å². The topological polar surface area (TPSA) is 23.1 Å². The third-order valence-electron chi connectivity index (χ3n) is 1.70. The van der Waals surface area contributed by atoms with Gasteiger partial charge in [0.2, 0.25) is 0 Å². The zero-order valence-electron chi connectivity index (χ0n) is 8.85. The smallest absolute Gasteiger partial charge is 1.00 e. The van der Waals surface area contributed by atoms with Crippen molar-refractivity contribution in [2.24, 2.45) is 0 Å². The van der Waals surface area contributed by atoms with Crippen LogP contribution in [-0.4, -0.2) is 0 Å². The van der Waals surface area contributed by atoms with E-state index in [9.17, 15) is 5.11 Å². The van der Waals surface area contributed by atoms with Gasteiger partial charge in [0.25, 0.3) is 0 Å². The van der Waals surface area contributed by atoms with Crippen LogP contribution in [0.1, 0.15) is 26.3 Å². The van der Waals surface area contributed by atoms with E-state index in [4.69, 9.17) is 0 Å². The molecule has 0 fully saturated rings. The van der Waals surface area contributed by atoms with Gasteiger partial charge in [-0.05, 0) is 5.41 Å². The zero-order chi connectivity index (χ0) is 8.48. The van der Waals surface area contributed by atoms with Gasteiger partial charge >= 0.3 is 21.7 Å². The first-order chi connectivity index (χ1) is 5.02. The summed E-state index contributed by atoms with van der Waals surface area (Å²) in [6, 6.07) is 7.18. The summed E-state index contributed by atoms with van der Waals surface area (Å²) in [6.45, 7) is 6.14. The molecule has 0 bridgehead atoms. The Morgan fingerprint density at radius 1 is 0.933 bits per heavy atom. The summed E-state index contributed by atoms with van der Waals surface area (Å²) in [4.78, 5) is 0. The Bertz CT molecular complexity index is 261. The number of hydrogen-bond acceptors (Lipinski definition) is 1. The second-order valence-electron chi connectivity index (χ2n) is 3.75. The van der Waals surface area contributed by atoms with E-state index in [0.29, 0.717) is 0 Å². The van der Waals surface area contributed by atoms with Crippen LogP contribution in [0.5, 0.6) is 5.75 Å². The van der Waals surface area contributed by atoms with Crippen molar-refractivity contribution in [1.29, 1.82) is 0 Å². The molecular weight excluding hydrogens is 290 g/mol. The molecule has 0 spiro atoms. The Morgan fingerprint density at radius 3 is 1.60 bits per heavy atom. The van der Waals surface area contributed by atoms with E-state index in [2.05, 4.69) is 0 Å². The molecule has 0 heterocycles. The first-order valence-electron chi connectivity index (χ1n) is 3.78. The second kappa shape index (κ2) is 9.80. The SMILES string of the molecule is CC(C)(C)c1ccccc1[O-].[Cl-].[Cl-].[Cl-].[Ti+4]. The number of halogens is 3. The third kappa shape index (κ3) is 7.49. The molecule has 0 aliphatic heterocycles. The van der Waals surface area contributed by atoms with Gasteiger partial charge in [-0.3, -0.25) is 0 Å². The number of rotatable bonds is 0. The quantitative estimate of drug-likeness (QED) is 0.437. The fourth-order valence-electron chi connectivity index (χ4n) is 1.09. The molecule has 0 aromatic heterocycles. The Kier molecular flexibility index (Phi) is 16.2. The van der Waals surface area contributed by atoms with Crippen molar-refractivity contribution in [3.63, 3.8) is 0 Å². The third-order valence-corrected chi connectivity index (χ3v) is 1.70. The molecule has 0 amide bonds. The van der Waals surface area contributed by atoms with Crippen LogP contribution >= 0.6 is 0 Å². The van der Waals surface area contributed by atoms with Gasteiger partial charge in [-0.1, -0.05) is 50.6 Å². The van der Waals surface area contributed by atoms with Crippen molar-refractivity contribution in [2.45, 2.75) is 26.2 Å². The van der Waals surface area contributed by atoms with Crippen LogP contribution in [0.15, 0.2) is 24.3 Å². The van der Waals surface area contributed by atoms with E-state index >= 15 is 0 Å². The molecule has 5 heteroatoms. The van der Waals surface area contributed by atoms with Crippen molar-refractivity contribution >= 4 is 0 Å². The van der Waals surface area contributed by atoms with Gasteiger partial charge < -0.3 is 42.3 Å². The maximum absolute atomic E-state index is 11.3. The summed E-state index contributed by atoms with van der Waals surface area (Å²) in [7, 11) is 0. The van der Waals surface area contributed by atoms with Crippen LogP contribution in [-0.2, 0) is 27.1 Å². The fraction of sp³-hybridized carbons (Fsp3) is 0.400. The molecule has 84 valence electrons. The first-order valence-corrected chi connectivity index (χ1v) is 3.78. The Balaban J connectivity index is -0.000000151. The van der Waals surface area contributed by atoms with Gasteiger partial charge in [-0.2, -0.15) is 0 Å². The van der Waals surface area contributed by atoms with E-state index in [1.165, 1.54) is 0 Å². The van der Waals surface area contributed by atoms with Crippen LogP contribution in [0.2, 0.25) is 0 Å². The van der Waals surface area contributed by atoms with Crippen LogP contribution in [0.25, 0.3) is 0 Å². The Labute approximate surface area is 125 Å². The maximum atomic E-state index is 11.3. The molecule has 0 aliphatic rings. The maximum Gasteiger partial charge on any atom is 4.00 e. The molecular formula is C10H13Cl3OTi. The average molecular weight is 303 g/mol. The van der Waals surface area contributed by atoms with Crippen LogP contribution in [0.3, 0.4) is 0 Å². The van der Waals surface area contributed by atoms with E-state index in [-0.39, 0.29) is 70.1 Å². The molecule has 0 atom stereocenters. The fourth-order valence-corrected chi connectivity index (χ4v) is 1.09. The summed E-state index contributed by atoms with van der Waals surface area (Å²) < 4.78 is 0. The van der Waals surface area contributed by atoms with Crippen molar-refractivity contribution in [1.82, 2.24) is 0 Å². The summed E-state index contributed by atoms with van der Waals surface area (Å²) in [5.74, 6) is 0.139. The summed E-state index contributed by atoms with van der Waals surface area (Å²) in [5, 5.41) is 11.3. The Hall–Kier alpha value is 0.604. The molecule has 0 N–H and O–H groups in total. The molecule has 0 radical (unpaired) electrons. The second-order valence-corrected chi connectivity index (χ2v) is 3.75. The predicted octanol–water partition coefficient (Wildman–Crippen LogP) is -6.93. The molecule has 15 heavy (non-hydrogen) atoms. The molecule has 0 unspecified atom stereocenters. The Morgan fingerprint density at radius 2 is 1.33 bits per heavy atom. The molecule has 1 aromatic carbocycles. The van der Waals surface area contributed by atoms with Crippen molar-refractivity contribution in [3.05, 3.63) is 29.8 Å². The minimum Gasteiger partial charge on any atom is -1.00 e. The minimum atomic E-state index is -0.0294. The van der Waals surface area contributed by atoms with E-state index in [1.54, 1.807) is 12.1 Å². The molecule has 0 saturated carbocycles. The van der Waals surface area contributed by atoms with Gasteiger partial charge in [0, 0.05) is 0 Å². The van der Waals surface area contributed by atoms with Crippen LogP contribution in [0, 0.1) is 0 Å². The van der Waals surface area contributed by atoms with Gasteiger partial charge in [0.15, 0.2) is 0 Å². The number of hydrogen-bond donors (Lipinski definition) is 0. The largest absolute Gasteiger partial charge is 4.00 e. The monoisotopic (exact) mass is 302 g/mol. The summed E-state index contributed by atoms with van der Waals surface area (Å²) >= 11 is 0. The normalized spacial score (nSPS) is 8.47. The summed E-state index contributed by atoms with van der Waals surface area (Å²) in [6.07, 6.45) is 0. The van der Waals surface area contributed by atoms with E-state index in [0.717, 1.165) is 5.56 Å². The van der Waals surface area contributed by atoms with E-state index in [1.807, 2.05) is 32.9 Å². The van der Waals surface area contributed by atoms with Gasteiger partial charge in [-0.25, -0.2) is 0 Å². The van der Waals surface area contributed by atoms with Gasteiger partial charge in [-0.15, -0.1) is 5.75 Å². The number of para-hydroxylation sites is 1. The van der Waals surface area contributed by atoms with Gasteiger partial charge in [0.05, 0.1) is 0 Å². The van der Waals surface area contributed by atoms with Gasteiger partial charge in [0.1, 0.15) is 0 Å². The molecule has 1 nitrogen and oxygen atoms in total. The standard InChI is InChI=1S/C10H14O.3ClH.Ti/c1-10(2,3)8-6-4-5-7-9(8)11;;;;/h4-7,11H,1-3H3;3*1H;/q;;;;+4/p-4. The van der Waals surface area contributed by atoms with Crippen molar-refractivity contribution < 1.29 is 64.0 Å². The minimum absolute atomic E-state index is 0. The van der Waals surface area contributed by atoms with E-state index < -0.39 is 0 Å². The number of benzene rings is 1. The summed E-state index contributed by atoms with van der Waals surface area (Å²) in [5.41, 5.74) is 0.859. The van der Waals surface area contributed by atoms with Crippen molar-refractivity contribution in [2.75, 3.05) is 0 Å². The molecule has 1 aromatic rings.